The molecule has 2 aromatic rings. The van der Waals surface area contributed by atoms with Crippen LogP contribution in [0.1, 0.15) is 38.6 Å². The maximum atomic E-state index is 14.5. The quantitative estimate of drug-likeness (QED) is 0.401. The Labute approximate surface area is 163 Å². The zero-order chi connectivity index (χ0) is 20.2. The third kappa shape index (κ3) is 4.83. The molecule has 0 amide bonds. The molecule has 0 radical (unpaired) electrons. The number of halogens is 2. The first-order valence-electron chi connectivity index (χ1n) is 8.57. The molecule has 0 fully saturated rings. The van der Waals surface area contributed by atoms with Crippen molar-refractivity contribution in [3.8, 4) is 0 Å². The summed E-state index contributed by atoms with van der Waals surface area (Å²) < 4.78 is 21.2. The summed E-state index contributed by atoms with van der Waals surface area (Å²) in [7, 11) is 1.81. The van der Waals surface area contributed by atoms with E-state index in [1.54, 1.807) is 11.6 Å². The van der Waals surface area contributed by atoms with Crippen LogP contribution >= 0.6 is 11.6 Å². The van der Waals surface area contributed by atoms with E-state index in [0.717, 1.165) is 11.8 Å². The lowest BCUT2D eigenvalue weighted by atomic mass is 9.72. The normalized spacial score (nSPS) is 12.5. The number of carbonyl (C=O) groups is 1. The molecule has 2 aromatic heterocycles. The molecule has 0 aromatic carbocycles. The molecule has 0 aliphatic carbocycles. The highest BCUT2D eigenvalue weighted by Gasteiger charge is 2.36. The van der Waals surface area contributed by atoms with Crippen molar-refractivity contribution in [2.24, 2.45) is 13.0 Å². The van der Waals surface area contributed by atoms with Gasteiger partial charge in [0.15, 0.2) is 0 Å². The minimum Gasteiger partial charge on any atom is -0.466 e. The van der Waals surface area contributed by atoms with E-state index in [-0.39, 0.29) is 47.9 Å². The summed E-state index contributed by atoms with van der Waals surface area (Å²) in [5.41, 5.74) is 0.311. The molecule has 0 bridgehead atoms. The number of esters is 1. The molecular weight excluding hydrogens is 371 g/mol. The Kier molecular flexibility index (Phi) is 6.55. The second-order valence-corrected chi connectivity index (χ2v) is 7.20. The highest BCUT2D eigenvalue weighted by atomic mass is 35.5. The molecule has 1 unspecified atom stereocenters. The van der Waals surface area contributed by atoms with E-state index in [1.165, 1.54) is 0 Å². The van der Waals surface area contributed by atoms with Gasteiger partial charge in [0.25, 0.3) is 0 Å². The van der Waals surface area contributed by atoms with E-state index in [2.05, 4.69) is 14.9 Å². The molecule has 0 aliphatic rings. The molecule has 8 heteroatoms. The number of aromatic nitrogens is 3. The van der Waals surface area contributed by atoms with Gasteiger partial charge in [0.1, 0.15) is 11.0 Å². The Hall–Kier alpha value is -2.46. The number of aryl methyl sites for hydroxylation is 1. The van der Waals surface area contributed by atoms with E-state index in [9.17, 15) is 9.18 Å². The first kappa shape index (κ1) is 20.8. The number of pyridine rings is 1. The lowest BCUT2D eigenvalue weighted by Crippen LogP contribution is -2.34. The van der Waals surface area contributed by atoms with Gasteiger partial charge in [-0.25, -0.2) is 14.2 Å². The first-order valence-corrected chi connectivity index (χ1v) is 8.95. The van der Waals surface area contributed by atoms with Gasteiger partial charge in [-0.2, -0.15) is 5.10 Å². The van der Waals surface area contributed by atoms with Gasteiger partial charge in [-0.05, 0) is 31.4 Å². The molecule has 0 aliphatic heterocycles. The second kappa shape index (κ2) is 8.49. The van der Waals surface area contributed by atoms with Crippen molar-refractivity contribution in [2.75, 3.05) is 6.61 Å². The zero-order valence-electron chi connectivity index (χ0n) is 15.8. The summed E-state index contributed by atoms with van der Waals surface area (Å²) in [6.45, 7) is 12.9. The van der Waals surface area contributed by atoms with Crippen molar-refractivity contribution >= 4 is 23.3 Å². The van der Waals surface area contributed by atoms with Gasteiger partial charge < -0.3 is 4.74 Å². The van der Waals surface area contributed by atoms with Crippen LogP contribution in [0, 0.1) is 18.3 Å². The van der Waals surface area contributed by atoms with Crippen LogP contribution in [0.3, 0.4) is 0 Å². The third-order valence-corrected chi connectivity index (χ3v) is 4.93. The zero-order valence-corrected chi connectivity index (χ0v) is 16.5. The average molecular weight is 393 g/mol. The van der Waals surface area contributed by atoms with Crippen LogP contribution < -0.4 is 0 Å². The average Bonchev–Trinajstić information content (AvgIpc) is 3.04. The van der Waals surface area contributed by atoms with Crippen LogP contribution in [-0.2, 0) is 28.4 Å². The number of hydrogen-bond donors (Lipinski definition) is 0. The molecule has 6 nitrogen and oxygen atoms in total. The number of rotatable bonds is 7. The lowest BCUT2D eigenvalue weighted by molar-refractivity contribution is -0.144. The van der Waals surface area contributed by atoms with E-state index in [0.29, 0.717) is 0 Å². The molecule has 0 spiro atoms. The number of carbonyl (C=O) groups excluding carboxylic acids is 1. The maximum Gasteiger partial charge on any atom is 0.306 e. The molecule has 144 valence electrons. The van der Waals surface area contributed by atoms with E-state index in [1.807, 2.05) is 33.2 Å². The molecule has 2 rings (SSSR count). The molecule has 2 heterocycles. The number of hydrogen-bond acceptors (Lipinski definition) is 4. The third-order valence-electron chi connectivity index (χ3n) is 4.66. The summed E-state index contributed by atoms with van der Waals surface area (Å²) in [6.07, 6.45) is 2.06. The predicted molar refractivity (Wildman–Crippen MR) is 100 cm³/mol. The second-order valence-electron chi connectivity index (χ2n) is 6.85. The van der Waals surface area contributed by atoms with Crippen LogP contribution in [0.25, 0.3) is 4.85 Å². The topological polar surface area (TPSA) is 61.4 Å². The van der Waals surface area contributed by atoms with Crippen molar-refractivity contribution < 1.29 is 13.9 Å². The van der Waals surface area contributed by atoms with Crippen molar-refractivity contribution in [1.82, 2.24) is 14.8 Å². The Morgan fingerprint density at radius 3 is 2.78 bits per heavy atom. The summed E-state index contributed by atoms with van der Waals surface area (Å²) in [5.74, 6) is -1.31. The lowest BCUT2D eigenvalue weighted by Gasteiger charge is -2.32. The van der Waals surface area contributed by atoms with Crippen molar-refractivity contribution in [2.45, 2.75) is 39.0 Å². The van der Waals surface area contributed by atoms with Gasteiger partial charge in [0.2, 0.25) is 5.69 Å². The van der Waals surface area contributed by atoms with Crippen molar-refractivity contribution in [3.05, 3.63) is 52.1 Å². The largest absolute Gasteiger partial charge is 0.466 e. The molecule has 0 N–H and O–H groups in total. The van der Waals surface area contributed by atoms with Crippen LogP contribution in [0.5, 0.6) is 0 Å². The fourth-order valence-electron chi connectivity index (χ4n) is 2.92. The first-order chi connectivity index (χ1) is 12.7. The van der Waals surface area contributed by atoms with Crippen LogP contribution in [0.2, 0.25) is 5.15 Å². The Balaban J connectivity index is 2.40. The summed E-state index contributed by atoms with van der Waals surface area (Å²) in [4.78, 5) is 19.4. The monoisotopic (exact) mass is 392 g/mol. The Morgan fingerprint density at radius 1 is 1.52 bits per heavy atom. The summed E-state index contributed by atoms with van der Waals surface area (Å²) in [6, 6.07) is 2.95. The van der Waals surface area contributed by atoms with E-state index in [4.69, 9.17) is 22.9 Å². The van der Waals surface area contributed by atoms with Crippen molar-refractivity contribution in [1.29, 1.82) is 0 Å². The maximum absolute atomic E-state index is 14.5. The standard InChI is InChI=1S/C19H22ClFN4O2/c1-6-27-17(26)10-12(19(2,3)16-7-8-25(5)24-16)9-14-13(21)11-15(22-4)18(20)23-14/h7-8,11-12H,6,9-10H2,1-3,5H3. The Bertz CT molecular complexity index is 873. The molecular formula is C19H22ClFN4O2. The number of ether oxygens (including phenoxy) is 1. The smallest absolute Gasteiger partial charge is 0.306 e. The fraction of sp³-hybridized carbons (Fsp3) is 0.474. The predicted octanol–water partition coefficient (Wildman–Crippen LogP) is 4.25. The Morgan fingerprint density at radius 2 is 2.22 bits per heavy atom. The minimum absolute atomic E-state index is 0.0381. The van der Waals surface area contributed by atoms with Crippen LogP contribution in [0.4, 0.5) is 10.1 Å². The van der Waals surface area contributed by atoms with Gasteiger partial charge in [-0.15, -0.1) is 0 Å². The van der Waals surface area contributed by atoms with Gasteiger partial charge in [-0.3, -0.25) is 9.48 Å². The van der Waals surface area contributed by atoms with Gasteiger partial charge in [-0.1, -0.05) is 25.4 Å². The van der Waals surface area contributed by atoms with Gasteiger partial charge >= 0.3 is 5.97 Å². The molecule has 27 heavy (non-hydrogen) atoms. The van der Waals surface area contributed by atoms with Crippen LogP contribution in [0.15, 0.2) is 18.3 Å². The van der Waals surface area contributed by atoms with E-state index >= 15 is 0 Å². The summed E-state index contributed by atoms with van der Waals surface area (Å²) >= 11 is 5.98. The minimum atomic E-state index is -0.615. The molecule has 0 saturated carbocycles. The van der Waals surface area contributed by atoms with Crippen LogP contribution in [-0.4, -0.2) is 27.3 Å². The number of nitrogens with zero attached hydrogens (tertiary/aromatic N) is 4. The highest BCUT2D eigenvalue weighted by Crippen LogP contribution is 2.36. The van der Waals surface area contributed by atoms with E-state index < -0.39 is 11.2 Å². The van der Waals surface area contributed by atoms with Crippen molar-refractivity contribution in [3.63, 3.8) is 0 Å². The fourth-order valence-corrected chi connectivity index (χ4v) is 3.12. The highest BCUT2D eigenvalue weighted by molar-refractivity contribution is 6.32. The van der Waals surface area contributed by atoms with Gasteiger partial charge in [0.05, 0.1) is 24.6 Å². The molecule has 1 atom stereocenters. The van der Waals surface area contributed by atoms with Gasteiger partial charge in [0, 0.05) is 25.1 Å². The summed E-state index contributed by atoms with van der Waals surface area (Å²) in [5, 5.41) is 4.40. The SMILES string of the molecule is [C-]#[N+]c1cc(F)c(CC(CC(=O)OCC)C(C)(C)c2ccn(C)n2)nc1Cl. The molecule has 0 saturated heterocycles.